The molecule has 0 aliphatic heterocycles. The molecule has 0 saturated carbocycles. The maximum Gasteiger partial charge on any atom is 0.261 e. The second-order valence-corrected chi connectivity index (χ2v) is 9.15. The van der Waals surface area contributed by atoms with Crippen LogP contribution in [0.2, 0.25) is 5.02 Å². The predicted octanol–water partition coefficient (Wildman–Crippen LogP) is 7.76. The van der Waals surface area contributed by atoms with Gasteiger partial charge in [0.1, 0.15) is 23.1 Å². The van der Waals surface area contributed by atoms with E-state index in [4.69, 9.17) is 26.1 Å². The molecule has 37 heavy (non-hydrogen) atoms. The minimum absolute atomic E-state index is 0.0259. The summed E-state index contributed by atoms with van der Waals surface area (Å²) in [5, 5.41) is 1.27. The van der Waals surface area contributed by atoms with Gasteiger partial charge in [-0.3, -0.25) is 9.36 Å². The van der Waals surface area contributed by atoms with Crippen LogP contribution in [-0.4, -0.2) is 16.2 Å². The van der Waals surface area contributed by atoms with Crippen LogP contribution in [0.1, 0.15) is 19.3 Å². The van der Waals surface area contributed by atoms with Gasteiger partial charge in [-0.15, -0.1) is 0 Å². The van der Waals surface area contributed by atoms with Gasteiger partial charge in [-0.05, 0) is 79.9 Å². The lowest BCUT2D eigenvalue weighted by Crippen LogP contribution is -2.23. The quantitative estimate of drug-likeness (QED) is 0.180. The number of hydrogen-bond acceptors (Lipinski definition) is 4. The average Bonchev–Trinajstić information content (AvgIpc) is 2.93. The standard InChI is InChI=1S/C31H27ClN2O3/c32-24-18-16-23(17-19-24)30-33-29-15-6-5-14-28(29)31(35)34(30)20-7-2-8-21-36-26-12-9-13-27(22-26)37-25-10-3-1-4-11-25/h1,3-6,9-19,22H,2,7-8,20-21H2. The zero-order valence-electron chi connectivity index (χ0n) is 20.3. The van der Waals surface area contributed by atoms with E-state index in [1.54, 1.807) is 4.57 Å². The summed E-state index contributed by atoms with van der Waals surface area (Å²) in [7, 11) is 0. The largest absolute Gasteiger partial charge is 0.493 e. The molecule has 0 aliphatic rings. The van der Waals surface area contributed by atoms with Crippen molar-refractivity contribution < 1.29 is 9.47 Å². The van der Waals surface area contributed by atoms with E-state index in [1.165, 1.54) is 0 Å². The number of para-hydroxylation sites is 2. The van der Waals surface area contributed by atoms with Crippen LogP contribution < -0.4 is 15.0 Å². The van der Waals surface area contributed by atoms with Crippen LogP contribution in [0, 0.1) is 0 Å². The Bertz CT molecular complexity index is 1530. The zero-order valence-corrected chi connectivity index (χ0v) is 21.1. The Kier molecular flexibility index (Phi) is 7.82. The Morgan fingerprint density at radius 1 is 0.730 bits per heavy atom. The topological polar surface area (TPSA) is 53.4 Å². The molecule has 0 saturated heterocycles. The molecule has 0 radical (unpaired) electrons. The van der Waals surface area contributed by atoms with Crippen molar-refractivity contribution in [2.75, 3.05) is 6.61 Å². The molecule has 6 heteroatoms. The summed E-state index contributed by atoms with van der Waals surface area (Å²) in [6.07, 6.45) is 2.62. The number of unbranched alkanes of at least 4 members (excludes halogenated alkanes) is 2. The van der Waals surface area contributed by atoms with Gasteiger partial charge in [-0.2, -0.15) is 0 Å². The van der Waals surface area contributed by atoms with E-state index in [9.17, 15) is 4.79 Å². The van der Waals surface area contributed by atoms with Crippen molar-refractivity contribution in [3.8, 4) is 28.6 Å². The third-order valence-electron chi connectivity index (χ3n) is 6.04. The molecule has 0 aliphatic carbocycles. The number of halogens is 1. The summed E-state index contributed by atoms with van der Waals surface area (Å²) in [4.78, 5) is 18.1. The number of aromatic nitrogens is 2. The van der Waals surface area contributed by atoms with Crippen molar-refractivity contribution in [2.45, 2.75) is 25.8 Å². The molecule has 0 bridgehead atoms. The fourth-order valence-electron chi connectivity index (χ4n) is 4.19. The summed E-state index contributed by atoms with van der Waals surface area (Å²) in [6, 6.07) is 32.2. The van der Waals surface area contributed by atoms with Gasteiger partial charge in [0.25, 0.3) is 5.56 Å². The average molecular weight is 511 g/mol. The van der Waals surface area contributed by atoms with Crippen LogP contribution in [-0.2, 0) is 6.54 Å². The minimum atomic E-state index is -0.0259. The molecule has 1 heterocycles. The summed E-state index contributed by atoms with van der Waals surface area (Å²) < 4.78 is 13.6. The summed E-state index contributed by atoms with van der Waals surface area (Å²) in [5.41, 5.74) is 1.54. The number of nitrogens with zero attached hydrogens (tertiary/aromatic N) is 2. The van der Waals surface area contributed by atoms with Crippen molar-refractivity contribution >= 4 is 22.5 Å². The first-order valence-electron chi connectivity index (χ1n) is 12.4. The summed E-state index contributed by atoms with van der Waals surface area (Å²) in [5.74, 6) is 2.96. The van der Waals surface area contributed by atoms with Crippen molar-refractivity contribution in [3.05, 3.63) is 119 Å². The Labute approximate surface area is 220 Å². The van der Waals surface area contributed by atoms with Crippen LogP contribution >= 0.6 is 11.6 Å². The molecule has 0 unspecified atom stereocenters. The highest BCUT2D eigenvalue weighted by Crippen LogP contribution is 2.25. The van der Waals surface area contributed by atoms with Gasteiger partial charge in [0.05, 0.1) is 17.5 Å². The maximum atomic E-state index is 13.3. The van der Waals surface area contributed by atoms with Gasteiger partial charge < -0.3 is 9.47 Å². The van der Waals surface area contributed by atoms with Crippen molar-refractivity contribution in [1.82, 2.24) is 9.55 Å². The van der Waals surface area contributed by atoms with E-state index < -0.39 is 0 Å². The first kappa shape index (κ1) is 24.6. The van der Waals surface area contributed by atoms with Crippen LogP contribution in [0.25, 0.3) is 22.3 Å². The Morgan fingerprint density at radius 2 is 1.46 bits per heavy atom. The van der Waals surface area contributed by atoms with Gasteiger partial charge in [-0.25, -0.2) is 4.98 Å². The zero-order chi connectivity index (χ0) is 25.5. The third kappa shape index (κ3) is 6.19. The van der Waals surface area contributed by atoms with Gasteiger partial charge in [0, 0.05) is 23.2 Å². The maximum absolute atomic E-state index is 13.3. The van der Waals surface area contributed by atoms with E-state index in [0.717, 1.165) is 42.1 Å². The van der Waals surface area contributed by atoms with Gasteiger partial charge in [-0.1, -0.05) is 48.0 Å². The molecular formula is C31H27ClN2O3. The number of fused-ring (bicyclic) bond motifs is 1. The predicted molar refractivity (Wildman–Crippen MR) is 149 cm³/mol. The van der Waals surface area contributed by atoms with Crippen molar-refractivity contribution in [1.29, 1.82) is 0 Å². The molecule has 0 atom stereocenters. The SMILES string of the molecule is O=c1c2ccccc2nc(-c2ccc(Cl)cc2)n1CCCCCOc1cccc(Oc2ccccc2)c1. The second-order valence-electron chi connectivity index (χ2n) is 8.72. The molecule has 1 aromatic heterocycles. The van der Waals surface area contributed by atoms with Crippen LogP contribution in [0.4, 0.5) is 0 Å². The van der Waals surface area contributed by atoms with E-state index in [-0.39, 0.29) is 5.56 Å². The molecule has 5 rings (SSSR count). The lowest BCUT2D eigenvalue weighted by molar-refractivity contribution is 0.302. The number of ether oxygens (including phenoxy) is 2. The van der Waals surface area contributed by atoms with E-state index in [0.29, 0.717) is 34.9 Å². The fourth-order valence-corrected chi connectivity index (χ4v) is 4.31. The lowest BCUT2D eigenvalue weighted by atomic mass is 10.1. The Hall–Kier alpha value is -4.09. The molecule has 0 spiro atoms. The van der Waals surface area contributed by atoms with Crippen LogP contribution in [0.15, 0.2) is 108 Å². The third-order valence-corrected chi connectivity index (χ3v) is 6.30. The van der Waals surface area contributed by atoms with E-state index in [2.05, 4.69) is 0 Å². The second kappa shape index (κ2) is 11.8. The van der Waals surface area contributed by atoms with Crippen LogP contribution in [0.5, 0.6) is 17.2 Å². The van der Waals surface area contributed by atoms with Gasteiger partial charge in [0.15, 0.2) is 0 Å². The molecule has 186 valence electrons. The monoisotopic (exact) mass is 510 g/mol. The van der Waals surface area contributed by atoms with Crippen molar-refractivity contribution in [2.24, 2.45) is 0 Å². The molecule has 4 aromatic carbocycles. The number of hydrogen-bond donors (Lipinski definition) is 0. The van der Waals surface area contributed by atoms with Crippen LogP contribution in [0.3, 0.4) is 0 Å². The first-order chi connectivity index (χ1) is 18.2. The van der Waals surface area contributed by atoms with Gasteiger partial charge in [0.2, 0.25) is 0 Å². The minimum Gasteiger partial charge on any atom is -0.493 e. The van der Waals surface area contributed by atoms with E-state index >= 15 is 0 Å². The van der Waals surface area contributed by atoms with E-state index in [1.807, 2.05) is 103 Å². The lowest BCUT2D eigenvalue weighted by Gasteiger charge is -2.14. The molecule has 5 nitrogen and oxygen atoms in total. The molecule has 0 N–H and O–H groups in total. The number of benzene rings is 4. The van der Waals surface area contributed by atoms with Gasteiger partial charge >= 0.3 is 0 Å². The molecule has 5 aromatic rings. The number of rotatable bonds is 10. The molecule has 0 amide bonds. The highest BCUT2D eigenvalue weighted by molar-refractivity contribution is 6.30. The molecular weight excluding hydrogens is 484 g/mol. The smallest absolute Gasteiger partial charge is 0.261 e. The first-order valence-corrected chi connectivity index (χ1v) is 12.8. The summed E-state index contributed by atoms with van der Waals surface area (Å²) in [6.45, 7) is 1.17. The summed E-state index contributed by atoms with van der Waals surface area (Å²) >= 11 is 6.08. The fraction of sp³-hybridized carbons (Fsp3) is 0.161. The highest BCUT2D eigenvalue weighted by atomic mass is 35.5. The Balaban J connectivity index is 1.20. The molecule has 0 fully saturated rings. The normalized spacial score (nSPS) is 10.9. The Morgan fingerprint density at radius 3 is 2.30 bits per heavy atom. The van der Waals surface area contributed by atoms with Crippen molar-refractivity contribution in [3.63, 3.8) is 0 Å². The highest BCUT2D eigenvalue weighted by Gasteiger charge is 2.12.